The molecular weight excluding hydrogens is 312 g/mol. The van der Waals surface area contributed by atoms with Crippen molar-refractivity contribution in [2.45, 2.75) is 32.2 Å². The van der Waals surface area contributed by atoms with Gasteiger partial charge in [-0.1, -0.05) is 0 Å². The van der Waals surface area contributed by atoms with Gasteiger partial charge in [0.25, 0.3) is 0 Å². The van der Waals surface area contributed by atoms with Gasteiger partial charge in [-0.25, -0.2) is 8.42 Å². The summed E-state index contributed by atoms with van der Waals surface area (Å²) in [6.45, 7) is 6.40. The van der Waals surface area contributed by atoms with Gasteiger partial charge in [-0.05, 0) is 61.7 Å². The molecule has 0 saturated heterocycles. The number of aryl methyl sites for hydroxylation is 2. The van der Waals surface area contributed by atoms with Gasteiger partial charge in [0.15, 0.2) is 0 Å². The standard InChI is InChI=1S/C17H22N2O3S/c1-5-22-16-10-14(3)17(11-13(16)2)23(20,21)19(4)12-15-6-8-18-9-7-15/h6-11H,5,12H2,1-4H3. The molecule has 0 radical (unpaired) electrons. The second-order valence-electron chi connectivity index (χ2n) is 5.43. The Labute approximate surface area is 138 Å². The number of nitrogens with zero attached hydrogens (tertiary/aromatic N) is 2. The quantitative estimate of drug-likeness (QED) is 0.815. The van der Waals surface area contributed by atoms with Crippen LogP contribution in [0.3, 0.4) is 0 Å². The van der Waals surface area contributed by atoms with Crippen LogP contribution < -0.4 is 4.74 Å². The molecule has 5 nitrogen and oxygen atoms in total. The Morgan fingerprint density at radius 1 is 1.13 bits per heavy atom. The number of pyridine rings is 1. The van der Waals surface area contributed by atoms with E-state index in [1.54, 1.807) is 38.5 Å². The van der Waals surface area contributed by atoms with Crippen LogP contribution in [-0.4, -0.2) is 31.4 Å². The van der Waals surface area contributed by atoms with E-state index in [2.05, 4.69) is 4.98 Å². The molecule has 0 fully saturated rings. The molecule has 1 aromatic carbocycles. The molecular formula is C17H22N2O3S. The van der Waals surface area contributed by atoms with E-state index in [9.17, 15) is 8.42 Å². The van der Waals surface area contributed by atoms with Crippen LogP contribution in [-0.2, 0) is 16.6 Å². The van der Waals surface area contributed by atoms with Gasteiger partial charge < -0.3 is 4.74 Å². The maximum Gasteiger partial charge on any atom is 0.243 e. The lowest BCUT2D eigenvalue weighted by Gasteiger charge is -2.20. The van der Waals surface area contributed by atoms with E-state index in [0.29, 0.717) is 23.6 Å². The Balaban J connectivity index is 2.34. The van der Waals surface area contributed by atoms with Crippen LogP contribution in [0.25, 0.3) is 0 Å². The Kier molecular flexibility index (Phi) is 5.38. The van der Waals surface area contributed by atoms with Crippen molar-refractivity contribution in [2.24, 2.45) is 0 Å². The first-order chi connectivity index (χ1) is 10.9. The van der Waals surface area contributed by atoms with Gasteiger partial charge in [-0.3, -0.25) is 4.98 Å². The zero-order chi connectivity index (χ0) is 17.0. The lowest BCUT2D eigenvalue weighted by molar-refractivity contribution is 0.337. The van der Waals surface area contributed by atoms with E-state index in [1.807, 2.05) is 26.0 Å². The number of sulfonamides is 1. The molecule has 0 aliphatic rings. The van der Waals surface area contributed by atoms with Crippen LogP contribution >= 0.6 is 0 Å². The highest BCUT2D eigenvalue weighted by Gasteiger charge is 2.24. The third-order valence-electron chi connectivity index (χ3n) is 3.62. The zero-order valence-electron chi connectivity index (χ0n) is 13.9. The first-order valence-corrected chi connectivity index (χ1v) is 8.89. The molecule has 0 bridgehead atoms. The predicted octanol–water partition coefficient (Wildman–Crippen LogP) is 2.92. The van der Waals surface area contributed by atoms with E-state index in [-0.39, 0.29) is 0 Å². The highest BCUT2D eigenvalue weighted by Crippen LogP contribution is 2.28. The van der Waals surface area contributed by atoms with Crippen molar-refractivity contribution in [1.29, 1.82) is 0 Å². The molecule has 0 atom stereocenters. The van der Waals surface area contributed by atoms with Crippen molar-refractivity contribution < 1.29 is 13.2 Å². The summed E-state index contributed by atoms with van der Waals surface area (Å²) in [6.07, 6.45) is 3.31. The highest BCUT2D eigenvalue weighted by molar-refractivity contribution is 7.89. The van der Waals surface area contributed by atoms with Crippen LogP contribution in [0.4, 0.5) is 0 Å². The van der Waals surface area contributed by atoms with Gasteiger partial charge in [-0.2, -0.15) is 4.31 Å². The summed E-state index contributed by atoms with van der Waals surface area (Å²) in [7, 11) is -1.98. The average Bonchev–Trinajstić information content (AvgIpc) is 2.51. The lowest BCUT2D eigenvalue weighted by atomic mass is 10.1. The SMILES string of the molecule is CCOc1cc(C)c(S(=O)(=O)N(C)Cc2ccncc2)cc1C. The minimum absolute atomic E-state index is 0.302. The van der Waals surface area contributed by atoms with E-state index >= 15 is 0 Å². The number of hydrogen-bond donors (Lipinski definition) is 0. The summed E-state index contributed by atoms with van der Waals surface area (Å²) >= 11 is 0. The topological polar surface area (TPSA) is 59.5 Å². The van der Waals surface area contributed by atoms with Crippen molar-refractivity contribution in [3.05, 3.63) is 53.3 Å². The van der Waals surface area contributed by atoms with Gasteiger partial charge >= 0.3 is 0 Å². The second-order valence-corrected chi connectivity index (χ2v) is 7.45. The molecule has 0 aliphatic heterocycles. The van der Waals surface area contributed by atoms with E-state index in [0.717, 1.165) is 16.9 Å². The van der Waals surface area contributed by atoms with Gasteiger partial charge in [0.05, 0.1) is 11.5 Å². The molecule has 6 heteroatoms. The van der Waals surface area contributed by atoms with Gasteiger partial charge in [0.2, 0.25) is 10.0 Å². The largest absolute Gasteiger partial charge is 0.494 e. The predicted molar refractivity (Wildman–Crippen MR) is 90.0 cm³/mol. The van der Waals surface area contributed by atoms with Crippen LogP contribution in [0.5, 0.6) is 5.75 Å². The second kappa shape index (κ2) is 7.10. The molecule has 0 aliphatic carbocycles. The Hall–Kier alpha value is -1.92. The van der Waals surface area contributed by atoms with Crippen molar-refractivity contribution in [2.75, 3.05) is 13.7 Å². The Bertz CT molecular complexity index is 774. The van der Waals surface area contributed by atoms with Crippen molar-refractivity contribution in [3.63, 3.8) is 0 Å². The number of hydrogen-bond acceptors (Lipinski definition) is 4. The Morgan fingerprint density at radius 3 is 2.39 bits per heavy atom. The lowest BCUT2D eigenvalue weighted by Crippen LogP contribution is -2.27. The molecule has 0 saturated carbocycles. The first-order valence-electron chi connectivity index (χ1n) is 7.45. The third kappa shape index (κ3) is 3.89. The van der Waals surface area contributed by atoms with Gasteiger partial charge in [0.1, 0.15) is 5.75 Å². The van der Waals surface area contributed by atoms with E-state index in [4.69, 9.17) is 4.74 Å². The van der Waals surface area contributed by atoms with Gasteiger partial charge in [0, 0.05) is 26.0 Å². The minimum Gasteiger partial charge on any atom is -0.494 e. The third-order valence-corrected chi connectivity index (χ3v) is 5.56. The number of rotatable bonds is 6. The van der Waals surface area contributed by atoms with Crippen LogP contribution in [0.2, 0.25) is 0 Å². The number of ether oxygens (including phenoxy) is 1. The van der Waals surface area contributed by atoms with Crippen molar-refractivity contribution in [1.82, 2.24) is 9.29 Å². The van der Waals surface area contributed by atoms with Crippen molar-refractivity contribution >= 4 is 10.0 Å². The fourth-order valence-electron chi connectivity index (χ4n) is 2.35. The molecule has 23 heavy (non-hydrogen) atoms. The van der Waals surface area contributed by atoms with Gasteiger partial charge in [-0.15, -0.1) is 0 Å². The Morgan fingerprint density at radius 2 is 1.78 bits per heavy atom. The molecule has 124 valence electrons. The molecule has 1 heterocycles. The molecule has 1 aromatic heterocycles. The van der Waals surface area contributed by atoms with Crippen LogP contribution in [0.15, 0.2) is 41.6 Å². The fraction of sp³-hybridized carbons (Fsp3) is 0.353. The molecule has 2 aromatic rings. The smallest absolute Gasteiger partial charge is 0.243 e. The summed E-state index contributed by atoms with van der Waals surface area (Å²) in [6, 6.07) is 7.08. The molecule has 0 spiro atoms. The first kappa shape index (κ1) is 17.4. The number of benzene rings is 1. The summed E-state index contributed by atoms with van der Waals surface area (Å²) in [5, 5.41) is 0. The fourth-order valence-corrected chi connectivity index (χ4v) is 3.80. The summed E-state index contributed by atoms with van der Waals surface area (Å²) in [5.41, 5.74) is 2.39. The van der Waals surface area contributed by atoms with E-state index < -0.39 is 10.0 Å². The highest BCUT2D eigenvalue weighted by atomic mass is 32.2. The average molecular weight is 334 g/mol. The van der Waals surface area contributed by atoms with Crippen LogP contribution in [0.1, 0.15) is 23.6 Å². The summed E-state index contributed by atoms with van der Waals surface area (Å²) in [5.74, 6) is 0.723. The maximum absolute atomic E-state index is 12.8. The molecule has 0 N–H and O–H groups in total. The maximum atomic E-state index is 12.8. The molecule has 2 rings (SSSR count). The van der Waals surface area contributed by atoms with Crippen molar-refractivity contribution in [3.8, 4) is 5.75 Å². The van der Waals surface area contributed by atoms with Crippen LogP contribution in [0, 0.1) is 13.8 Å². The summed E-state index contributed by atoms with van der Waals surface area (Å²) in [4.78, 5) is 4.26. The molecule has 0 amide bonds. The summed E-state index contributed by atoms with van der Waals surface area (Å²) < 4.78 is 32.6. The van der Waals surface area contributed by atoms with E-state index in [1.165, 1.54) is 4.31 Å². The number of aromatic nitrogens is 1. The molecule has 0 unspecified atom stereocenters. The normalized spacial score (nSPS) is 11.7. The minimum atomic E-state index is -3.56. The zero-order valence-corrected chi connectivity index (χ0v) is 14.7. The monoisotopic (exact) mass is 334 g/mol.